The molecule has 0 unspecified atom stereocenters. The van der Waals surface area contributed by atoms with Crippen molar-refractivity contribution < 1.29 is 9.47 Å². The fourth-order valence-electron chi connectivity index (χ4n) is 2.58. The van der Waals surface area contributed by atoms with Gasteiger partial charge in [-0.1, -0.05) is 12.1 Å². The molecule has 6 nitrogen and oxygen atoms in total. The molecular weight excluding hydrogens is 328 g/mol. The third kappa shape index (κ3) is 4.22. The molecule has 0 spiro atoms. The van der Waals surface area contributed by atoms with E-state index in [-0.39, 0.29) is 0 Å². The van der Waals surface area contributed by atoms with Crippen LogP contribution in [-0.4, -0.2) is 24.2 Å². The number of rotatable bonds is 6. The van der Waals surface area contributed by atoms with Crippen LogP contribution in [-0.2, 0) is 0 Å². The molecule has 3 aromatic rings. The summed E-state index contributed by atoms with van der Waals surface area (Å²) in [6, 6.07) is 15.6. The van der Waals surface area contributed by atoms with Crippen molar-refractivity contribution in [2.45, 2.75) is 13.8 Å². The summed E-state index contributed by atoms with van der Waals surface area (Å²) in [5.74, 6) is 2.59. The van der Waals surface area contributed by atoms with Gasteiger partial charge in [0.1, 0.15) is 17.3 Å². The predicted octanol–water partition coefficient (Wildman–Crippen LogP) is 4.60. The number of nitrogens with one attached hydrogen (secondary N) is 2. The minimum atomic E-state index is 0.489. The maximum Gasteiger partial charge on any atom is 0.229 e. The topological polar surface area (TPSA) is 68.3 Å². The summed E-state index contributed by atoms with van der Waals surface area (Å²) >= 11 is 0. The number of aryl methyl sites for hydroxylation is 2. The highest BCUT2D eigenvalue weighted by Gasteiger charge is 2.09. The Morgan fingerprint density at radius 2 is 1.69 bits per heavy atom. The van der Waals surface area contributed by atoms with Crippen LogP contribution in [0.5, 0.6) is 11.5 Å². The zero-order valence-electron chi connectivity index (χ0n) is 15.3. The monoisotopic (exact) mass is 350 g/mol. The Morgan fingerprint density at radius 3 is 2.42 bits per heavy atom. The summed E-state index contributed by atoms with van der Waals surface area (Å²) in [6.07, 6.45) is 0. The van der Waals surface area contributed by atoms with Crippen molar-refractivity contribution in [2.75, 3.05) is 24.9 Å². The molecule has 0 fully saturated rings. The van der Waals surface area contributed by atoms with E-state index in [1.165, 1.54) is 5.56 Å². The summed E-state index contributed by atoms with van der Waals surface area (Å²) in [5, 5.41) is 6.53. The highest BCUT2D eigenvalue weighted by atomic mass is 16.5. The smallest absolute Gasteiger partial charge is 0.229 e. The van der Waals surface area contributed by atoms with Crippen molar-refractivity contribution in [1.82, 2.24) is 9.97 Å². The van der Waals surface area contributed by atoms with Crippen LogP contribution in [0, 0.1) is 13.8 Å². The van der Waals surface area contributed by atoms with Gasteiger partial charge in [-0.2, -0.15) is 4.98 Å². The van der Waals surface area contributed by atoms with Crippen molar-refractivity contribution in [3.8, 4) is 11.5 Å². The van der Waals surface area contributed by atoms with E-state index >= 15 is 0 Å². The molecular formula is C20H22N4O2. The van der Waals surface area contributed by atoms with Gasteiger partial charge in [-0.15, -0.1) is 0 Å². The Morgan fingerprint density at radius 1 is 0.846 bits per heavy atom. The minimum absolute atomic E-state index is 0.489. The standard InChI is InChI=1S/C20H22N4O2/c1-13-6-5-7-15(10-13)22-19-11-14(2)21-20(24-19)23-17-9-8-16(25-3)12-18(17)26-4/h5-12H,1-4H3,(H2,21,22,23,24). The van der Waals surface area contributed by atoms with E-state index in [0.29, 0.717) is 11.7 Å². The lowest BCUT2D eigenvalue weighted by Crippen LogP contribution is -2.03. The van der Waals surface area contributed by atoms with E-state index in [1.54, 1.807) is 14.2 Å². The molecule has 0 saturated carbocycles. The fraction of sp³-hybridized carbons (Fsp3) is 0.200. The zero-order chi connectivity index (χ0) is 18.5. The Labute approximate surface area is 153 Å². The van der Waals surface area contributed by atoms with E-state index in [2.05, 4.69) is 39.7 Å². The average molecular weight is 350 g/mol. The molecule has 134 valence electrons. The van der Waals surface area contributed by atoms with E-state index in [1.807, 2.05) is 43.3 Å². The molecule has 0 aliphatic heterocycles. The summed E-state index contributed by atoms with van der Waals surface area (Å²) in [6.45, 7) is 3.99. The van der Waals surface area contributed by atoms with Crippen LogP contribution in [0.4, 0.5) is 23.1 Å². The third-order valence-electron chi connectivity index (χ3n) is 3.80. The van der Waals surface area contributed by atoms with E-state index in [9.17, 15) is 0 Å². The first-order valence-electron chi connectivity index (χ1n) is 8.26. The molecule has 0 saturated heterocycles. The van der Waals surface area contributed by atoms with Crippen LogP contribution < -0.4 is 20.1 Å². The Bertz CT molecular complexity index is 912. The molecule has 0 amide bonds. The second kappa shape index (κ2) is 7.74. The van der Waals surface area contributed by atoms with Crippen LogP contribution in [0.2, 0.25) is 0 Å². The molecule has 26 heavy (non-hydrogen) atoms. The van der Waals surface area contributed by atoms with Gasteiger partial charge in [0.05, 0.1) is 19.9 Å². The molecule has 0 aliphatic carbocycles. The average Bonchev–Trinajstić information content (AvgIpc) is 2.61. The number of hydrogen-bond acceptors (Lipinski definition) is 6. The van der Waals surface area contributed by atoms with Crippen LogP contribution >= 0.6 is 0 Å². The minimum Gasteiger partial charge on any atom is -0.497 e. The Balaban J connectivity index is 1.86. The van der Waals surface area contributed by atoms with Crippen molar-refractivity contribution in [3.05, 3.63) is 59.8 Å². The van der Waals surface area contributed by atoms with Gasteiger partial charge in [-0.3, -0.25) is 0 Å². The number of hydrogen-bond donors (Lipinski definition) is 2. The first-order valence-corrected chi connectivity index (χ1v) is 8.26. The van der Waals surface area contributed by atoms with Gasteiger partial charge in [-0.25, -0.2) is 4.98 Å². The van der Waals surface area contributed by atoms with Crippen molar-refractivity contribution in [2.24, 2.45) is 0 Å². The van der Waals surface area contributed by atoms with Gasteiger partial charge < -0.3 is 20.1 Å². The maximum atomic E-state index is 5.42. The molecule has 2 N–H and O–H groups in total. The second-order valence-corrected chi connectivity index (χ2v) is 5.90. The summed E-state index contributed by atoms with van der Waals surface area (Å²) in [4.78, 5) is 9.01. The van der Waals surface area contributed by atoms with Crippen molar-refractivity contribution in [1.29, 1.82) is 0 Å². The van der Waals surface area contributed by atoms with E-state index < -0.39 is 0 Å². The number of benzene rings is 2. The number of methoxy groups -OCH3 is 2. The van der Waals surface area contributed by atoms with Crippen molar-refractivity contribution >= 4 is 23.1 Å². The number of anilines is 4. The molecule has 0 atom stereocenters. The maximum absolute atomic E-state index is 5.42. The number of nitrogens with zero attached hydrogens (tertiary/aromatic N) is 2. The lowest BCUT2D eigenvalue weighted by Gasteiger charge is -2.13. The first kappa shape index (κ1) is 17.5. The molecule has 1 heterocycles. The number of aromatic nitrogens is 2. The largest absolute Gasteiger partial charge is 0.497 e. The lowest BCUT2D eigenvalue weighted by atomic mass is 10.2. The molecule has 3 rings (SSSR count). The molecule has 0 bridgehead atoms. The van der Waals surface area contributed by atoms with Crippen LogP contribution in [0.3, 0.4) is 0 Å². The van der Waals surface area contributed by atoms with E-state index in [4.69, 9.17) is 9.47 Å². The highest BCUT2D eigenvalue weighted by molar-refractivity contribution is 5.66. The molecule has 0 radical (unpaired) electrons. The predicted molar refractivity (Wildman–Crippen MR) is 104 cm³/mol. The highest BCUT2D eigenvalue weighted by Crippen LogP contribution is 2.31. The zero-order valence-corrected chi connectivity index (χ0v) is 15.3. The van der Waals surface area contributed by atoms with Crippen LogP contribution in [0.15, 0.2) is 48.5 Å². The second-order valence-electron chi connectivity index (χ2n) is 5.90. The summed E-state index contributed by atoms with van der Waals surface area (Å²) < 4.78 is 10.6. The summed E-state index contributed by atoms with van der Waals surface area (Å²) in [7, 11) is 3.23. The third-order valence-corrected chi connectivity index (χ3v) is 3.80. The summed E-state index contributed by atoms with van der Waals surface area (Å²) in [5.41, 5.74) is 3.78. The van der Waals surface area contributed by atoms with E-state index in [0.717, 1.165) is 28.6 Å². The molecule has 2 aromatic carbocycles. The number of ether oxygens (including phenoxy) is 2. The quantitative estimate of drug-likeness (QED) is 0.677. The molecule has 1 aromatic heterocycles. The molecule has 6 heteroatoms. The normalized spacial score (nSPS) is 10.3. The van der Waals surface area contributed by atoms with Gasteiger partial charge >= 0.3 is 0 Å². The SMILES string of the molecule is COc1ccc(Nc2nc(C)cc(Nc3cccc(C)c3)n2)c(OC)c1. The first-order chi connectivity index (χ1) is 12.6. The Hall–Kier alpha value is -3.28. The van der Waals surface area contributed by atoms with Crippen LogP contribution in [0.25, 0.3) is 0 Å². The Kier molecular flexibility index (Phi) is 5.22. The van der Waals surface area contributed by atoms with Crippen molar-refractivity contribution in [3.63, 3.8) is 0 Å². The van der Waals surface area contributed by atoms with Gasteiger partial charge in [0.2, 0.25) is 5.95 Å². The van der Waals surface area contributed by atoms with Gasteiger partial charge in [-0.05, 0) is 43.7 Å². The lowest BCUT2D eigenvalue weighted by molar-refractivity contribution is 0.395. The van der Waals surface area contributed by atoms with Gasteiger partial charge in [0.25, 0.3) is 0 Å². The molecule has 0 aliphatic rings. The van der Waals surface area contributed by atoms with Crippen LogP contribution in [0.1, 0.15) is 11.3 Å². The van der Waals surface area contributed by atoms with Gasteiger partial charge in [0.15, 0.2) is 0 Å². The van der Waals surface area contributed by atoms with Gasteiger partial charge in [0, 0.05) is 23.5 Å². The fourth-order valence-corrected chi connectivity index (χ4v) is 2.58.